The number of rotatable bonds is 1. The number of para-hydroxylation sites is 1. The molecule has 1 aliphatic rings. The van der Waals surface area contributed by atoms with Crippen LogP contribution in [0.2, 0.25) is 10.0 Å². The molecule has 0 bridgehead atoms. The van der Waals surface area contributed by atoms with Gasteiger partial charge in [0.15, 0.2) is 0 Å². The molecule has 4 aromatic rings. The van der Waals surface area contributed by atoms with Crippen LogP contribution in [0.25, 0.3) is 11.0 Å². The van der Waals surface area contributed by atoms with Crippen molar-refractivity contribution in [2.24, 2.45) is 0 Å². The Bertz CT molecular complexity index is 1970. The Kier molecular flexibility index (Phi) is 17.0. The Morgan fingerprint density at radius 2 is 1.28 bits per heavy atom. The molecular formula is C40H55Cl2N4NaO5S. The minimum Gasteiger partial charge on any atom is -0.747 e. The summed E-state index contributed by atoms with van der Waals surface area (Å²) in [6.45, 7) is 28.3. The molecule has 286 valence electrons. The standard InChI is InChI=1S/C11H14Cl2.C11H16.C10H13N3.C8H13NO5S.Na/c1-7-5-10(13)8(6-9(7)12)11(2,3)4;1-9-5-7-10(8-6-9)11(2,3)4;1-10(2,3)13-9-7-5-4-6-8(9)11-12-13;1-8(2,3)9-6(10)4-5(7(9)11)15(12,13)14;/h5-6H,1-4H3;5-8H,1-4H3;4-7H,1-3H3;5H,4H2,1-3H3,(H,12,13,14);/q;;;;+1/p-1. The summed E-state index contributed by atoms with van der Waals surface area (Å²) in [4.78, 5) is 23.8. The van der Waals surface area contributed by atoms with Crippen molar-refractivity contribution in [1.29, 1.82) is 0 Å². The van der Waals surface area contributed by atoms with Gasteiger partial charge in [-0.15, -0.1) is 5.10 Å². The van der Waals surface area contributed by atoms with E-state index in [4.69, 9.17) is 23.2 Å². The number of nitrogens with zero attached hydrogens (tertiary/aromatic N) is 4. The number of imide groups is 1. The molecule has 53 heavy (non-hydrogen) atoms. The van der Waals surface area contributed by atoms with Gasteiger partial charge in [-0.1, -0.05) is 112 Å². The zero-order valence-electron chi connectivity index (χ0n) is 34.1. The number of carbonyl (C=O) groups is 2. The quantitative estimate of drug-likeness (QED) is 0.122. The van der Waals surface area contributed by atoms with E-state index >= 15 is 0 Å². The molecule has 2 heterocycles. The van der Waals surface area contributed by atoms with Crippen LogP contribution >= 0.6 is 23.2 Å². The fraction of sp³-hybridized carbons (Fsp3) is 0.500. The van der Waals surface area contributed by atoms with Gasteiger partial charge in [-0.25, -0.2) is 13.1 Å². The van der Waals surface area contributed by atoms with E-state index in [2.05, 4.69) is 104 Å². The second-order valence-corrected chi connectivity index (χ2v) is 19.4. The van der Waals surface area contributed by atoms with Crippen LogP contribution in [0.3, 0.4) is 0 Å². The Hall–Kier alpha value is -2.31. The number of benzene rings is 3. The molecule has 1 unspecified atom stereocenters. The fourth-order valence-corrected chi connectivity index (χ4v) is 6.54. The Balaban J connectivity index is 0.000000353. The molecule has 9 nitrogen and oxygen atoms in total. The Morgan fingerprint density at radius 1 is 0.755 bits per heavy atom. The van der Waals surface area contributed by atoms with E-state index in [1.54, 1.807) is 20.8 Å². The number of aryl methyl sites for hydroxylation is 2. The zero-order valence-corrected chi connectivity index (χ0v) is 38.4. The second kappa shape index (κ2) is 18.5. The fourth-order valence-electron chi connectivity index (χ4n) is 5.17. The number of amides is 2. The molecule has 3 aromatic carbocycles. The van der Waals surface area contributed by atoms with Crippen LogP contribution < -0.4 is 29.6 Å². The van der Waals surface area contributed by atoms with Gasteiger partial charge >= 0.3 is 29.6 Å². The van der Waals surface area contributed by atoms with E-state index in [1.165, 1.54) is 11.1 Å². The van der Waals surface area contributed by atoms with Crippen LogP contribution in [0.15, 0.2) is 60.7 Å². The van der Waals surface area contributed by atoms with Crippen molar-refractivity contribution in [3.8, 4) is 0 Å². The maximum atomic E-state index is 11.5. The van der Waals surface area contributed by atoms with E-state index in [-0.39, 0.29) is 45.9 Å². The van der Waals surface area contributed by atoms with Gasteiger partial charge in [-0.2, -0.15) is 0 Å². The van der Waals surface area contributed by atoms with Gasteiger partial charge in [0.25, 0.3) is 0 Å². The monoisotopic (exact) mass is 796 g/mol. The molecule has 5 rings (SSSR count). The minimum absolute atomic E-state index is 0. The predicted molar refractivity (Wildman–Crippen MR) is 212 cm³/mol. The first-order valence-corrected chi connectivity index (χ1v) is 19.3. The van der Waals surface area contributed by atoms with Gasteiger partial charge in [0.05, 0.1) is 17.5 Å². The van der Waals surface area contributed by atoms with Gasteiger partial charge in [-0.05, 0) is 107 Å². The number of carbonyl (C=O) groups excluding carboxylic acids is 2. The van der Waals surface area contributed by atoms with Crippen LogP contribution in [0, 0.1) is 13.8 Å². The van der Waals surface area contributed by atoms with E-state index < -0.39 is 39.1 Å². The minimum atomic E-state index is -4.74. The first-order chi connectivity index (χ1) is 23.5. The van der Waals surface area contributed by atoms with Crippen molar-refractivity contribution in [3.05, 3.63) is 93.0 Å². The third kappa shape index (κ3) is 14.0. The molecule has 1 aliphatic heterocycles. The summed E-state index contributed by atoms with van der Waals surface area (Å²) in [5.74, 6) is -1.53. The maximum absolute atomic E-state index is 11.5. The van der Waals surface area contributed by atoms with Crippen molar-refractivity contribution in [3.63, 3.8) is 0 Å². The van der Waals surface area contributed by atoms with Gasteiger partial charge in [-0.3, -0.25) is 14.5 Å². The molecule has 0 spiro atoms. The van der Waals surface area contributed by atoms with Gasteiger partial charge in [0.2, 0.25) is 11.8 Å². The summed E-state index contributed by atoms with van der Waals surface area (Å²) < 4.78 is 34.1. The SMILES string of the molecule is CC(C)(C)N1C(=O)CC(S(=O)(=O)[O-])C1=O.CC(C)(C)n1nnc2ccccc21.Cc1cc(Cl)c(C(C)(C)C)cc1Cl.Cc1ccc(C(C)(C)C)cc1.[Na+]. The van der Waals surface area contributed by atoms with E-state index in [1.807, 2.05) is 48.0 Å². The number of hydrogen-bond donors (Lipinski definition) is 0. The number of aromatic nitrogens is 3. The number of fused-ring (bicyclic) bond motifs is 1. The molecule has 0 radical (unpaired) electrons. The maximum Gasteiger partial charge on any atom is 1.00 e. The van der Waals surface area contributed by atoms with Crippen LogP contribution in [0.1, 0.15) is 112 Å². The van der Waals surface area contributed by atoms with Crippen LogP contribution in [0.5, 0.6) is 0 Å². The zero-order chi connectivity index (χ0) is 40.2. The molecule has 1 fully saturated rings. The normalized spacial score (nSPS) is 15.0. The third-order valence-electron chi connectivity index (χ3n) is 8.09. The molecule has 1 aromatic heterocycles. The van der Waals surface area contributed by atoms with Gasteiger partial charge in [0, 0.05) is 15.6 Å². The largest absolute Gasteiger partial charge is 1.00 e. The van der Waals surface area contributed by atoms with E-state index in [0.29, 0.717) is 0 Å². The molecule has 0 N–H and O–H groups in total. The van der Waals surface area contributed by atoms with Gasteiger partial charge in [0.1, 0.15) is 20.9 Å². The van der Waals surface area contributed by atoms with E-state index in [9.17, 15) is 22.6 Å². The van der Waals surface area contributed by atoms with Crippen LogP contribution in [-0.2, 0) is 36.1 Å². The van der Waals surface area contributed by atoms with Crippen molar-refractivity contribution >= 4 is 56.2 Å². The molecular weight excluding hydrogens is 742 g/mol. The topological polar surface area (TPSA) is 125 Å². The number of likely N-dealkylation sites (tertiary alicyclic amines) is 1. The first kappa shape index (κ1) is 48.7. The molecule has 1 saturated heterocycles. The van der Waals surface area contributed by atoms with Crippen LogP contribution in [-0.4, -0.2) is 55.5 Å². The number of halogens is 2. The van der Waals surface area contributed by atoms with Crippen molar-refractivity contribution in [1.82, 2.24) is 19.9 Å². The Labute approximate surface area is 349 Å². The molecule has 13 heteroatoms. The van der Waals surface area contributed by atoms with E-state index in [0.717, 1.165) is 37.1 Å². The summed E-state index contributed by atoms with van der Waals surface area (Å²) in [5, 5.41) is 8.07. The van der Waals surface area contributed by atoms with Gasteiger partial charge < -0.3 is 4.55 Å². The molecule has 0 aliphatic carbocycles. The van der Waals surface area contributed by atoms with Crippen LogP contribution in [0.4, 0.5) is 0 Å². The number of hydrogen-bond acceptors (Lipinski definition) is 7. The second-order valence-electron chi connectivity index (χ2n) is 17.0. The predicted octanol–water partition coefficient (Wildman–Crippen LogP) is 6.54. The summed E-state index contributed by atoms with van der Waals surface area (Å²) in [6.07, 6.45) is -0.540. The summed E-state index contributed by atoms with van der Waals surface area (Å²) >= 11 is 12.2. The summed E-state index contributed by atoms with van der Waals surface area (Å²) in [6, 6.07) is 20.6. The van der Waals surface area contributed by atoms with Crippen molar-refractivity contribution in [2.45, 2.75) is 131 Å². The Morgan fingerprint density at radius 3 is 1.70 bits per heavy atom. The smallest absolute Gasteiger partial charge is 0.747 e. The van der Waals surface area contributed by atoms with Crippen molar-refractivity contribution < 1.29 is 52.1 Å². The molecule has 0 saturated carbocycles. The average molecular weight is 798 g/mol. The summed E-state index contributed by atoms with van der Waals surface area (Å²) in [5.41, 5.74) is 6.45. The van der Waals surface area contributed by atoms with Crippen molar-refractivity contribution in [2.75, 3.05) is 0 Å². The molecule has 2 amide bonds. The summed E-state index contributed by atoms with van der Waals surface area (Å²) in [7, 11) is -4.74. The molecule has 1 atom stereocenters. The first-order valence-electron chi connectivity index (χ1n) is 17.1. The third-order valence-corrected chi connectivity index (χ3v) is 9.87. The average Bonchev–Trinajstić information content (AvgIpc) is 3.55.